The molecule has 2 aliphatic heterocycles. The highest BCUT2D eigenvalue weighted by molar-refractivity contribution is 8.21. The lowest BCUT2D eigenvalue weighted by atomic mass is 10.0. The zero-order valence-electron chi connectivity index (χ0n) is 30.3. The summed E-state index contributed by atoms with van der Waals surface area (Å²) in [7, 11) is 0. The predicted molar refractivity (Wildman–Crippen MR) is 200 cm³/mol. The zero-order valence-corrected chi connectivity index (χ0v) is 31.9. The van der Waals surface area contributed by atoms with E-state index < -0.39 is 60.2 Å². The van der Waals surface area contributed by atoms with Crippen molar-refractivity contribution in [2.45, 2.75) is 87.8 Å². The van der Waals surface area contributed by atoms with Crippen molar-refractivity contribution >= 4 is 64.2 Å². The van der Waals surface area contributed by atoms with Crippen molar-refractivity contribution in [3.05, 3.63) is 60.2 Å². The van der Waals surface area contributed by atoms with Gasteiger partial charge in [-0.05, 0) is 61.9 Å². The number of ketones is 1. The molecule has 3 unspecified atom stereocenters. The minimum absolute atomic E-state index is 0.268. The van der Waals surface area contributed by atoms with Gasteiger partial charge in [-0.15, -0.1) is 28.6 Å². The van der Waals surface area contributed by atoms with Gasteiger partial charge in [0.05, 0.1) is 16.7 Å². The molecule has 18 heteroatoms. The predicted octanol–water partition coefficient (Wildman–Crippen LogP) is 2.71. The number of aliphatic hydroxyl groups is 1. The van der Waals surface area contributed by atoms with E-state index in [0.29, 0.717) is 42.4 Å². The third-order valence-electron chi connectivity index (χ3n) is 8.28. The average Bonchev–Trinajstić information content (AvgIpc) is 3.87. The minimum Gasteiger partial charge on any atom is -0.444 e. The normalized spacial score (nSPS) is 17.9. The molecule has 4 amide bonds. The molecule has 4 atom stereocenters. The molecule has 288 valence electrons. The fourth-order valence-electron chi connectivity index (χ4n) is 5.83. The van der Waals surface area contributed by atoms with Crippen LogP contribution in [-0.4, -0.2) is 112 Å². The summed E-state index contributed by atoms with van der Waals surface area (Å²) in [6.45, 7) is 8.39. The van der Waals surface area contributed by atoms with Crippen molar-refractivity contribution in [2.24, 2.45) is 0 Å². The lowest BCUT2D eigenvalue weighted by Gasteiger charge is -2.30. The molecule has 0 radical (unpaired) electrons. The first-order chi connectivity index (χ1) is 25.2. The van der Waals surface area contributed by atoms with Crippen LogP contribution in [0, 0.1) is 0 Å². The Kier molecular flexibility index (Phi) is 14.5. The maximum absolute atomic E-state index is 13.5. The van der Waals surface area contributed by atoms with E-state index in [1.54, 1.807) is 92.8 Å². The number of benzene rings is 2. The maximum atomic E-state index is 13.5. The summed E-state index contributed by atoms with van der Waals surface area (Å²) >= 11 is 3.46. The molecule has 16 nitrogen and oxygen atoms in total. The number of hydrogen-bond acceptors (Lipinski definition) is 13. The van der Waals surface area contributed by atoms with Gasteiger partial charge in [0, 0.05) is 24.5 Å². The van der Waals surface area contributed by atoms with Crippen LogP contribution in [0.2, 0.25) is 0 Å². The number of likely N-dealkylation sites (tertiary alicyclic amines) is 1. The zero-order chi connectivity index (χ0) is 38.8. The molecule has 2 aliphatic rings. The number of aromatic nitrogens is 3. The summed E-state index contributed by atoms with van der Waals surface area (Å²) in [6, 6.07) is 13.3. The van der Waals surface area contributed by atoms with Gasteiger partial charge in [-0.3, -0.25) is 24.1 Å². The summed E-state index contributed by atoms with van der Waals surface area (Å²) in [5.41, 5.74) is 1.19. The lowest BCUT2D eigenvalue weighted by Crippen LogP contribution is -2.56. The van der Waals surface area contributed by atoms with Crippen molar-refractivity contribution in [3.63, 3.8) is 0 Å². The van der Waals surface area contributed by atoms with E-state index in [-0.39, 0.29) is 9.86 Å². The Morgan fingerprint density at radius 2 is 1.68 bits per heavy atom. The molecule has 0 saturated carbocycles. The third-order valence-corrected chi connectivity index (χ3v) is 11.7. The number of Topliss-reactive ketones (excluding diaryl/α,β-unsaturated/α-hetero) is 1. The second-order valence-corrected chi connectivity index (χ2v) is 16.8. The Balaban J connectivity index is 0.000000480. The standard InChI is InChI=1S/C29H42N4O7S2.C6H5N3O2/c1-6-10-20(24(36)26(38)30-16-22(35)32-23(18(2)34)19-11-8-7-9-12-19)31-25(37)21-15-29(41-13-14-42-29)17-33(21)27(39)40-28(3,4)5;10-11-9-6-4-2-1-3-5(6)7-8-9/h7-9,11-12,20-21,23-24,36H,6,10,13-17H2,1-5H3,(H,30,38)(H,31,37)(H,32,35);1-4,10H/t20?,21?,23-,24?;/m1./s1. The summed E-state index contributed by atoms with van der Waals surface area (Å²) in [4.78, 5) is 70.4. The van der Waals surface area contributed by atoms with Gasteiger partial charge in [0.15, 0.2) is 11.9 Å². The molecular weight excluding hydrogens is 727 g/mol. The number of fused-ring (bicyclic) bond motifs is 1. The molecule has 5 rings (SSSR count). The van der Waals surface area contributed by atoms with Gasteiger partial charge in [0.2, 0.25) is 11.8 Å². The van der Waals surface area contributed by atoms with Gasteiger partial charge in [-0.1, -0.05) is 55.8 Å². The largest absolute Gasteiger partial charge is 0.444 e. The number of carbonyl (C=O) groups is 5. The molecule has 2 saturated heterocycles. The Hall–Kier alpha value is -4.39. The number of amides is 4. The quantitative estimate of drug-likeness (QED) is 0.132. The highest BCUT2D eigenvalue weighted by Crippen LogP contribution is 2.52. The molecule has 1 spiro atoms. The van der Waals surface area contributed by atoms with E-state index in [2.05, 4.69) is 31.3 Å². The van der Waals surface area contributed by atoms with E-state index in [4.69, 9.17) is 9.99 Å². The highest BCUT2D eigenvalue weighted by atomic mass is 32.2. The number of nitrogens with one attached hydrogen (secondary N) is 3. The van der Waals surface area contributed by atoms with E-state index >= 15 is 0 Å². The molecule has 3 heterocycles. The maximum Gasteiger partial charge on any atom is 0.411 e. The van der Waals surface area contributed by atoms with Gasteiger partial charge in [0.25, 0.3) is 5.91 Å². The Labute approximate surface area is 316 Å². The van der Waals surface area contributed by atoms with Crippen molar-refractivity contribution < 1.29 is 44.1 Å². The van der Waals surface area contributed by atoms with Crippen LogP contribution in [0.4, 0.5) is 4.79 Å². The van der Waals surface area contributed by atoms with E-state index in [1.165, 1.54) is 11.8 Å². The molecule has 53 heavy (non-hydrogen) atoms. The second kappa shape index (κ2) is 18.6. The van der Waals surface area contributed by atoms with E-state index in [9.17, 15) is 29.1 Å². The number of carbonyl (C=O) groups excluding carboxylic acids is 5. The fraction of sp³-hybridized carbons (Fsp3) is 0.514. The van der Waals surface area contributed by atoms with Gasteiger partial charge < -0.3 is 25.8 Å². The van der Waals surface area contributed by atoms with Crippen molar-refractivity contribution in [2.75, 3.05) is 24.6 Å². The van der Waals surface area contributed by atoms with Crippen molar-refractivity contribution in [3.8, 4) is 0 Å². The molecule has 0 aliphatic carbocycles. The van der Waals surface area contributed by atoms with Crippen LogP contribution in [0.5, 0.6) is 0 Å². The minimum atomic E-state index is -1.64. The van der Waals surface area contributed by atoms with Gasteiger partial charge >= 0.3 is 6.09 Å². The van der Waals surface area contributed by atoms with Crippen LogP contribution in [0.3, 0.4) is 0 Å². The van der Waals surface area contributed by atoms with Gasteiger partial charge in [0.1, 0.15) is 28.7 Å². The van der Waals surface area contributed by atoms with Crippen LogP contribution >= 0.6 is 23.5 Å². The Bertz CT molecular complexity index is 1730. The number of nitrogens with zero attached hydrogens (tertiary/aromatic N) is 4. The first-order valence-electron chi connectivity index (χ1n) is 17.2. The van der Waals surface area contributed by atoms with E-state index in [0.717, 1.165) is 16.4 Å². The number of para-hydroxylation sites is 1. The van der Waals surface area contributed by atoms with Crippen LogP contribution in [0.15, 0.2) is 54.6 Å². The third kappa shape index (κ3) is 11.3. The van der Waals surface area contributed by atoms with Crippen LogP contribution in [-0.2, 0) is 23.9 Å². The van der Waals surface area contributed by atoms with Gasteiger partial charge in [-0.2, -0.15) is 5.26 Å². The second-order valence-electron chi connectivity index (χ2n) is 13.6. The van der Waals surface area contributed by atoms with Crippen molar-refractivity contribution in [1.29, 1.82) is 0 Å². The van der Waals surface area contributed by atoms with Crippen molar-refractivity contribution in [1.82, 2.24) is 36.0 Å². The fourth-order valence-corrected chi connectivity index (χ4v) is 9.09. The monoisotopic (exact) mass is 773 g/mol. The van der Waals surface area contributed by atoms with Crippen LogP contribution in [0.25, 0.3) is 11.0 Å². The molecule has 2 aromatic carbocycles. The topological polar surface area (TPSA) is 214 Å². The number of hydrogen-bond donors (Lipinski definition) is 5. The Morgan fingerprint density at radius 1 is 1.02 bits per heavy atom. The molecule has 1 aromatic heterocycles. The number of ether oxygens (including phenoxy) is 1. The molecule has 3 aromatic rings. The average molecular weight is 774 g/mol. The van der Waals surface area contributed by atoms with E-state index in [1.807, 2.05) is 13.0 Å². The Morgan fingerprint density at radius 3 is 2.30 bits per heavy atom. The highest BCUT2D eigenvalue weighted by Gasteiger charge is 2.52. The summed E-state index contributed by atoms with van der Waals surface area (Å²) in [5, 5.41) is 34.2. The molecule has 0 bridgehead atoms. The van der Waals surface area contributed by atoms with Crippen LogP contribution in [0.1, 0.15) is 65.5 Å². The number of thioether (sulfide) groups is 2. The smallest absolute Gasteiger partial charge is 0.411 e. The molecular formula is C35H47N7O9S2. The summed E-state index contributed by atoms with van der Waals surface area (Å²) in [6.07, 6.45) is -0.944. The molecule has 2 fully saturated rings. The lowest BCUT2D eigenvalue weighted by molar-refractivity contribution is -0.250. The number of aliphatic hydroxyl groups excluding tert-OH is 1. The molecule has 5 N–H and O–H groups in total. The van der Waals surface area contributed by atoms with Crippen LogP contribution < -0.4 is 20.9 Å². The van der Waals surface area contributed by atoms with Gasteiger partial charge in [-0.25, -0.2) is 9.78 Å². The summed E-state index contributed by atoms with van der Waals surface area (Å²) < 4.78 is 5.28. The SMILES string of the molecule is CCCC(NC(=O)C1CC2(CN1C(=O)OC(C)(C)C)SCCS2)C(O)C(=O)NCC(=O)N[C@H](C(C)=O)c1ccccc1.OOn1nnc2ccccc21. The first kappa shape index (κ1) is 41.4. The first-order valence-corrected chi connectivity index (χ1v) is 19.1. The number of rotatable bonds is 12. The summed E-state index contributed by atoms with van der Waals surface area (Å²) in [5.74, 6) is -0.339.